The monoisotopic (exact) mass is 155 g/mol. The van der Waals surface area contributed by atoms with Crippen LogP contribution in [-0.4, -0.2) is 23.4 Å². The summed E-state index contributed by atoms with van der Waals surface area (Å²) in [6, 6.07) is 0.189. The first-order valence-corrected chi connectivity index (χ1v) is 3.90. The predicted octanol–water partition coefficient (Wildman–Crippen LogP) is 1.23. The Morgan fingerprint density at radius 2 is 2.45 bits per heavy atom. The zero-order chi connectivity index (χ0) is 7.84. The van der Waals surface area contributed by atoms with Crippen LogP contribution in [-0.2, 0) is 4.79 Å². The maximum Gasteiger partial charge on any atom is 0.210 e. The second-order valence-electron chi connectivity index (χ2n) is 3.17. The van der Waals surface area contributed by atoms with Crippen molar-refractivity contribution in [2.24, 2.45) is 0 Å². The molecule has 1 saturated heterocycles. The highest BCUT2D eigenvalue weighted by Gasteiger charge is 2.35. The molecule has 0 spiro atoms. The summed E-state index contributed by atoms with van der Waals surface area (Å²) in [5.74, 6) is -0.0457. The van der Waals surface area contributed by atoms with Crippen molar-refractivity contribution in [2.45, 2.75) is 31.3 Å². The number of rotatable bonds is 1. The number of amides is 1. The van der Waals surface area contributed by atoms with Crippen LogP contribution in [0.5, 0.6) is 0 Å². The lowest BCUT2D eigenvalue weighted by Crippen LogP contribution is -2.36. The molecular weight excluding hydrogens is 145 g/mol. The van der Waals surface area contributed by atoms with Gasteiger partial charge in [-0.15, -0.1) is 0 Å². The van der Waals surface area contributed by atoms with Crippen molar-refractivity contribution < 1.29 is 9.18 Å². The van der Waals surface area contributed by atoms with E-state index in [2.05, 4.69) is 0 Å². The van der Waals surface area contributed by atoms with Gasteiger partial charge in [0.15, 0.2) is 0 Å². The van der Waals surface area contributed by atoms with Crippen molar-refractivity contribution in [1.82, 2.24) is 4.90 Å². The Labute approximate surface area is 64.7 Å². The molecule has 2 rings (SSSR count). The van der Waals surface area contributed by atoms with Crippen LogP contribution in [0.25, 0.3) is 0 Å². The van der Waals surface area contributed by atoms with E-state index in [1.165, 1.54) is 0 Å². The van der Waals surface area contributed by atoms with Crippen molar-refractivity contribution >= 4 is 6.41 Å². The smallest absolute Gasteiger partial charge is 0.210 e. The first-order chi connectivity index (χ1) is 5.31. The second-order valence-corrected chi connectivity index (χ2v) is 3.17. The average Bonchev–Trinajstić information content (AvgIpc) is 2.23. The summed E-state index contributed by atoms with van der Waals surface area (Å²) < 4.78 is 12.8. The third-order valence-corrected chi connectivity index (χ3v) is 2.53. The van der Waals surface area contributed by atoms with Gasteiger partial charge < -0.3 is 4.90 Å². The fourth-order valence-corrected chi connectivity index (χ4v) is 1.98. The summed E-state index contributed by atoms with van der Waals surface area (Å²) in [4.78, 5) is 12.2. The summed E-state index contributed by atoms with van der Waals surface area (Å²) >= 11 is 0. The van der Waals surface area contributed by atoms with Crippen LogP contribution in [0.2, 0.25) is 0 Å². The molecule has 2 heterocycles. The molecule has 2 aliphatic heterocycles. The minimum absolute atomic E-state index is 0.0457. The zero-order valence-corrected chi connectivity index (χ0v) is 6.16. The molecule has 0 aromatic rings. The molecule has 60 valence electrons. The lowest BCUT2D eigenvalue weighted by molar-refractivity contribution is -0.120. The highest BCUT2D eigenvalue weighted by Crippen LogP contribution is 2.33. The molecule has 0 aromatic carbocycles. The van der Waals surface area contributed by atoms with Gasteiger partial charge in [-0.1, -0.05) is 0 Å². The Morgan fingerprint density at radius 3 is 3.09 bits per heavy atom. The van der Waals surface area contributed by atoms with E-state index in [0.717, 1.165) is 19.3 Å². The van der Waals surface area contributed by atoms with Crippen molar-refractivity contribution in [3.8, 4) is 0 Å². The molecule has 2 atom stereocenters. The Bertz CT molecular complexity index is 214. The van der Waals surface area contributed by atoms with Gasteiger partial charge >= 0.3 is 0 Å². The molecule has 0 N–H and O–H groups in total. The number of carbonyl (C=O) groups excluding carboxylic acids is 1. The van der Waals surface area contributed by atoms with E-state index >= 15 is 0 Å². The highest BCUT2D eigenvalue weighted by molar-refractivity contribution is 5.51. The molecule has 0 aromatic heterocycles. The summed E-state index contributed by atoms with van der Waals surface area (Å²) in [7, 11) is 0. The largest absolute Gasteiger partial charge is 0.335 e. The van der Waals surface area contributed by atoms with E-state index in [4.69, 9.17) is 0 Å². The Kier molecular flexibility index (Phi) is 1.44. The molecular formula is C8H10FNO. The average molecular weight is 155 g/mol. The summed E-state index contributed by atoms with van der Waals surface area (Å²) in [6.45, 7) is 0. The number of hydrogen-bond acceptors (Lipinski definition) is 1. The predicted molar refractivity (Wildman–Crippen MR) is 38.5 cm³/mol. The summed E-state index contributed by atoms with van der Waals surface area (Å²) in [5.41, 5.74) is 0. The second kappa shape index (κ2) is 2.32. The minimum atomic E-state index is -0.0457. The fraction of sp³-hybridized carbons (Fsp3) is 0.625. The van der Waals surface area contributed by atoms with Gasteiger partial charge in [-0.25, -0.2) is 4.39 Å². The normalized spacial score (nSPS) is 35.4. The number of carbonyl (C=O) groups is 1. The third kappa shape index (κ3) is 0.951. The van der Waals surface area contributed by atoms with Gasteiger partial charge in [-0.3, -0.25) is 4.79 Å². The van der Waals surface area contributed by atoms with Crippen molar-refractivity contribution in [2.75, 3.05) is 0 Å². The van der Waals surface area contributed by atoms with E-state index in [0.29, 0.717) is 6.42 Å². The maximum atomic E-state index is 12.8. The number of nitrogens with zero attached hydrogens (tertiary/aromatic N) is 1. The van der Waals surface area contributed by atoms with Crippen molar-refractivity contribution in [1.29, 1.82) is 0 Å². The van der Waals surface area contributed by atoms with Gasteiger partial charge in [0, 0.05) is 12.5 Å². The lowest BCUT2D eigenvalue weighted by atomic mass is 10.1. The minimum Gasteiger partial charge on any atom is -0.335 e. The van der Waals surface area contributed by atoms with E-state index in [9.17, 15) is 9.18 Å². The van der Waals surface area contributed by atoms with Crippen LogP contribution in [0.1, 0.15) is 19.3 Å². The van der Waals surface area contributed by atoms with Crippen LogP contribution in [0.4, 0.5) is 4.39 Å². The molecule has 11 heavy (non-hydrogen) atoms. The van der Waals surface area contributed by atoms with Gasteiger partial charge in [0.2, 0.25) is 6.41 Å². The van der Waals surface area contributed by atoms with Crippen LogP contribution in [0, 0.1) is 0 Å². The molecule has 3 heteroatoms. The molecule has 2 unspecified atom stereocenters. The van der Waals surface area contributed by atoms with Gasteiger partial charge in [-0.05, 0) is 18.9 Å². The molecule has 1 fully saturated rings. The molecule has 2 nitrogen and oxygen atoms in total. The number of hydrogen-bond donors (Lipinski definition) is 0. The van der Waals surface area contributed by atoms with Crippen molar-refractivity contribution in [3.63, 3.8) is 0 Å². The number of halogens is 1. The van der Waals surface area contributed by atoms with Gasteiger partial charge in [0.05, 0.1) is 6.04 Å². The summed E-state index contributed by atoms with van der Waals surface area (Å²) in [5, 5.41) is 0. The molecule has 0 saturated carbocycles. The van der Waals surface area contributed by atoms with Crippen LogP contribution in [0.15, 0.2) is 11.9 Å². The van der Waals surface area contributed by atoms with E-state index < -0.39 is 0 Å². The van der Waals surface area contributed by atoms with Gasteiger partial charge in [-0.2, -0.15) is 0 Å². The molecule has 2 bridgehead atoms. The van der Waals surface area contributed by atoms with E-state index in [-0.39, 0.29) is 17.9 Å². The Hall–Kier alpha value is -0.860. The van der Waals surface area contributed by atoms with E-state index in [1.807, 2.05) is 0 Å². The van der Waals surface area contributed by atoms with Crippen LogP contribution >= 0.6 is 0 Å². The van der Waals surface area contributed by atoms with E-state index in [1.54, 1.807) is 11.0 Å². The fourth-order valence-electron chi connectivity index (χ4n) is 1.98. The molecule has 1 amide bonds. The highest BCUT2D eigenvalue weighted by atomic mass is 19.1. The molecule has 0 aliphatic carbocycles. The quantitative estimate of drug-likeness (QED) is 0.521. The first-order valence-electron chi connectivity index (χ1n) is 3.90. The number of fused-ring (bicyclic) bond motifs is 2. The third-order valence-electron chi connectivity index (χ3n) is 2.53. The Balaban J connectivity index is 2.25. The topological polar surface area (TPSA) is 20.3 Å². The lowest BCUT2D eigenvalue weighted by Gasteiger charge is -2.27. The first kappa shape index (κ1) is 6.83. The van der Waals surface area contributed by atoms with Crippen molar-refractivity contribution in [3.05, 3.63) is 11.9 Å². The zero-order valence-electron chi connectivity index (χ0n) is 6.16. The standard InChI is InChI=1S/C8H10FNO/c9-6-3-7-1-2-8(4-6)10(7)5-11/h3,5,7-8H,1-2,4H2. The van der Waals surface area contributed by atoms with Gasteiger partial charge in [0.25, 0.3) is 0 Å². The maximum absolute atomic E-state index is 12.8. The summed E-state index contributed by atoms with van der Waals surface area (Å²) in [6.07, 6.45) is 4.71. The van der Waals surface area contributed by atoms with Gasteiger partial charge in [0.1, 0.15) is 5.83 Å². The van der Waals surface area contributed by atoms with Crippen LogP contribution < -0.4 is 0 Å². The Morgan fingerprint density at radius 1 is 1.64 bits per heavy atom. The van der Waals surface area contributed by atoms with Crippen LogP contribution in [0.3, 0.4) is 0 Å². The SMILES string of the molecule is O=CN1C2C=C(F)CC1CC2. The molecule has 2 aliphatic rings. The molecule has 0 radical (unpaired) electrons.